The zero-order valence-corrected chi connectivity index (χ0v) is 13.4. The molecule has 2 atom stereocenters. The van der Waals surface area contributed by atoms with Gasteiger partial charge in [-0.3, -0.25) is 4.90 Å². The summed E-state index contributed by atoms with van der Waals surface area (Å²) >= 11 is 0. The van der Waals surface area contributed by atoms with Gasteiger partial charge in [-0.15, -0.1) is 0 Å². The van der Waals surface area contributed by atoms with Crippen molar-refractivity contribution in [3.8, 4) is 0 Å². The fourth-order valence-corrected chi connectivity index (χ4v) is 3.84. The van der Waals surface area contributed by atoms with Crippen molar-refractivity contribution in [2.45, 2.75) is 57.5 Å². The number of hydrogen-bond donors (Lipinski definition) is 2. The lowest BCUT2D eigenvalue weighted by atomic mass is 9.78. The van der Waals surface area contributed by atoms with Gasteiger partial charge in [0.25, 0.3) is 0 Å². The first-order chi connectivity index (χ1) is 9.73. The first-order valence-corrected chi connectivity index (χ1v) is 8.55. The van der Waals surface area contributed by atoms with Gasteiger partial charge in [-0.05, 0) is 45.2 Å². The molecule has 1 aliphatic heterocycles. The van der Waals surface area contributed by atoms with Crippen LogP contribution in [0.1, 0.15) is 46.0 Å². The Morgan fingerprint density at radius 1 is 1.20 bits per heavy atom. The second-order valence-corrected chi connectivity index (χ2v) is 6.59. The lowest BCUT2D eigenvalue weighted by Crippen LogP contribution is -2.58. The van der Waals surface area contributed by atoms with Gasteiger partial charge in [-0.25, -0.2) is 0 Å². The van der Waals surface area contributed by atoms with Crippen LogP contribution in [0.4, 0.5) is 0 Å². The molecule has 0 amide bonds. The standard InChI is InChI=1S/C16H33N3O/c1-3-8-17-16(14-20)7-5-6-15(13-16)19-11-9-18(4-2)10-12-19/h15,17,20H,3-14H2,1-2H3. The van der Waals surface area contributed by atoms with Crippen molar-refractivity contribution >= 4 is 0 Å². The summed E-state index contributed by atoms with van der Waals surface area (Å²) in [6, 6.07) is 0.666. The molecule has 20 heavy (non-hydrogen) atoms. The maximum atomic E-state index is 9.88. The fraction of sp³-hybridized carbons (Fsp3) is 1.00. The van der Waals surface area contributed by atoms with Gasteiger partial charge < -0.3 is 15.3 Å². The monoisotopic (exact) mass is 283 g/mol. The minimum absolute atomic E-state index is 0.0131. The number of hydrogen-bond acceptors (Lipinski definition) is 4. The summed E-state index contributed by atoms with van der Waals surface area (Å²) in [6.45, 7) is 11.8. The van der Waals surface area contributed by atoms with Crippen LogP contribution < -0.4 is 5.32 Å². The third kappa shape index (κ3) is 3.94. The maximum Gasteiger partial charge on any atom is 0.0613 e. The predicted octanol–water partition coefficient (Wildman–Crippen LogP) is 1.30. The van der Waals surface area contributed by atoms with E-state index in [0.29, 0.717) is 12.6 Å². The molecular formula is C16H33N3O. The van der Waals surface area contributed by atoms with E-state index < -0.39 is 0 Å². The molecule has 1 heterocycles. The van der Waals surface area contributed by atoms with Crippen LogP contribution in [0, 0.1) is 0 Å². The molecule has 0 spiro atoms. The zero-order chi connectivity index (χ0) is 14.4. The summed E-state index contributed by atoms with van der Waals surface area (Å²) in [7, 11) is 0. The summed E-state index contributed by atoms with van der Waals surface area (Å²) in [4.78, 5) is 5.21. The highest BCUT2D eigenvalue weighted by molar-refractivity contribution is 4.97. The predicted molar refractivity (Wildman–Crippen MR) is 84.1 cm³/mol. The summed E-state index contributed by atoms with van der Waals surface area (Å²) in [5.74, 6) is 0. The number of nitrogens with zero attached hydrogens (tertiary/aromatic N) is 2. The van der Waals surface area contributed by atoms with Crippen LogP contribution in [0.2, 0.25) is 0 Å². The Hall–Kier alpha value is -0.160. The molecule has 2 rings (SSSR count). The third-order valence-electron chi connectivity index (χ3n) is 5.24. The summed E-state index contributed by atoms with van der Waals surface area (Å²) in [5, 5.41) is 13.5. The van der Waals surface area contributed by atoms with Crippen molar-refractivity contribution < 1.29 is 5.11 Å². The summed E-state index contributed by atoms with van der Waals surface area (Å²) < 4.78 is 0. The van der Waals surface area contributed by atoms with Gasteiger partial charge >= 0.3 is 0 Å². The van der Waals surface area contributed by atoms with Crippen LogP contribution in [0.25, 0.3) is 0 Å². The summed E-state index contributed by atoms with van der Waals surface area (Å²) in [5.41, 5.74) is -0.0131. The highest BCUT2D eigenvalue weighted by Crippen LogP contribution is 2.31. The second-order valence-electron chi connectivity index (χ2n) is 6.59. The smallest absolute Gasteiger partial charge is 0.0613 e. The molecular weight excluding hydrogens is 250 g/mol. The van der Waals surface area contributed by atoms with Gasteiger partial charge in [0, 0.05) is 37.8 Å². The average Bonchev–Trinajstić information content (AvgIpc) is 2.53. The van der Waals surface area contributed by atoms with Gasteiger partial charge in [0.15, 0.2) is 0 Å². The van der Waals surface area contributed by atoms with Gasteiger partial charge in [-0.1, -0.05) is 13.8 Å². The number of rotatable bonds is 6. The molecule has 0 bridgehead atoms. The lowest BCUT2D eigenvalue weighted by Gasteiger charge is -2.46. The van der Waals surface area contributed by atoms with Crippen molar-refractivity contribution in [1.29, 1.82) is 0 Å². The van der Waals surface area contributed by atoms with Crippen molar-refractivity contribution in [2.24, 2.45) is 0 Å². The van der Waals surface area contributed by atoms with Crippen LogP contribution in [-0.4, -0.2) is 72.4 Å². The topological polar surface area (TPSA) is 38.7 Å². The van der Waals surface area contributed by atoms with Crippen LogP contribution in [0.3, 0.4) is 0 Å². The van der Waals surface area contributed by atoms with E-state index in [0.717, 1.165) is 25.8 Å². The van der Waals surface area contributed by atoms with Gasteiger partial charge in [0.1, 0.15) is 0 Å². The highest BCUT2D eigenvalue weighted by atomic mass is 16.3. The Labute approximate surface area is 124 Å². The molecule has 2 unspecified atom stereocenters. The van der Waals surface area contributed by atoms with E-state index in [1.165, 1.54) is 45.6 Å². The minimum atomic E-state index is -0.0131. The molecule has 1 saturated heterocycles. The Morgan fingerprint density at radius 3 is 2.55 bits per heavy atom. The Bertz CT molecular complexity index is 279. The molecule has 0 aromatic rings. The van der Waals surface area contributed by atoms with E-state index in [4.69, 9.17) is 0 Å². The fourth-order valence-electron chi connectivity index (χ4n) is 3.84. The van der Waals surface area contributed by atoms with Crippen LogP contribution in [-0.2, 0) is 0 Å². The Kier molecular flexibility index (Phi) is 6.27. The summed E-state index contributed by atoms with van der Waals surface area (Å²) in [6.07, 6.45) is 5.95. The highest BCUT2D eigenvalue weighted by Gasteiger charge is 2.37. The lowest BCUT2D eigenvalue weighted by molar-refractivity contribution is 0.0336. The molecule has 0 aromatic carbocycles. The average molecular weight is 283 g/mol. The Morgan fingerprint density at radius 2 is 1.95 bits per heavy atom. The quantitative estimate of drug-likeness (QED) is 0.771. The number of aliphatic hydroxyl groups excluding tert-OH is 1. The van der Waals surface area contributed by atoms with E-state index in [1.807, 2.05) is 0 Å². The van der Waals surface area contributed by atoms with Crippen LogP contribution in [0.15, 0.2) is 0 Å². The molecule has 2 N–H and O–H groups in total. The molecule has 0 aromatic heterocycles. The van der Waals surface area contributed by atoms with E-state index >= 15 is 0 Å². The number of likely N-dealkylation sites (N-methyl/N-ethyl adjacent to an activating group) is 1. The van der Waals surface area contributed by atoms with Crippen molar-refractivity contribution in [2.75, 3.05) is 45.9 Å². The van der Waals surface area contributed by atoms with Gasteiger partial charge in [-0.2, -0.15) is 0 Å². The van der Waals surface area contributed by atoms with Crippen LogP contribution >= 0.6 is 0 Å². The number of aliphatic hydroxyl groups is 1. The molecule has 0 radical (unpaired) electrons. The molecule has 1 saturated carbocycles. The largest absolute Gasteiger partial charge is 0.394 e. The minimum Gasteiger partial charge on any atom is -0.394 e. The molecule has 4 nitrogen and oxygen atoms in total. The Balaban J connectivity index is 1.89. The normalized spacial score (nSPS) is 33.5. The van der Waals surface area contributed by atoms with E-state index in [9.17, 15) is 5.11 Å². The van der Waals surface area contributed by atoms with Crippen molar-refractivity contribution in [3.05, 3.63) is 0 Å². The van der Waals surface area contributed by atoms with Gasteiger partial charge in [0.2, 0.25) is 0 Å². The van der Waals surface area contributed by atoms with Gasteiger partial charge in [0.05, 0.1) is 6.61 Å². The van der Waals surface area contributed by atoms with E-state index in [1.54, 1.807) is 0 Å². The molecule has 1 aliphatic carbocycles. The van der Waals surface area contributed by atoms with E-state index in [2.05, 4.69) is 29.0 Å². The molecule has 118 valence electrons. The van der Waals surface area contributed by atoms with Crippen LogP contribution in [0.5, 0.6) is 0 Å². The van der Waals surface area contributed by atoms with Crippen molar-refractivity contribution in [1.82, 2.24) is 15.1 Å². The van der Waals surface area contributed by atoms with Crippen molar-refractivity contribution in [3.63, 3.8) is 0 Å². The zero-order valence-electron chi connectivity index (χ0n) is 13.4. The molecule has 2 fully saturated rings. The SMILES string of the molecule is CCCNC1(CO)CCCC(N2CCN(CC)CC2)C1. The molecule has 4 heteroatoms. The second kappa shape index (κ2) is 7.74. The number of nitrogens with one attached hydrogen (secondary N) is 1. The molecule has 2 aliphatic rings. The first-order valence-electron chi connectivity index (χ1n) is 8.55. The maximum absolute atomic E-state index is 9.88. The first kappa shape index (κ1) is 16.2. The third-order valence-corrected chi connectivity index (χ3v) is 5.24. The number of piperazine rings is 1. The van der Waals surface area contributed by atoms with E-state index in [-0.39, 0.29) is 5.54 Å².